The number of fused-ring (bicyclic) bond motifs is 1. The number of rotatable bonds is 6. The maximum absolute atomic E-state index is 10.6. The van der Waals surface area contributed by atoms with Crippen LogP contribution < -0.4 is 25.8 Å². The van der Waals surface area contributed by atoms with Crippen molar-refractivity contribution in [3.63, 3.8) is 0 Å². The SMILES string of the molecule is COc1cc2cc(N(C)CCCN)nc(N)c2cc1OC.O=C(O)C(F)(F)F.O=C(O)C(F)(F)F. The van der Waals surface area contributed by atoms with Crippen LogP contribution in [0.4, 0.5) is 38.0 Å². The summed E-state index contributed by atoms with van der Waals surface area (Å²) in [5.74, 6) is -2.90. The highest BCUT2D eigenvalue weighted by Gasteiger charge is 2.38. The monoisotopic (exact) mass is 518 g/mol. The van der Waals surface area contributed by atoms with Gasteiger partial charge in [0, 0.05) is 19.0 Å². The Hall–Kier alpha value is -3.69. The lowest BCUT2D eigenvalue weighted by atomic mass is 10.1. The Morgan fingerprint density at radius 1 is 0.971 bits per heavy atom. The summed E-state index contributed by atoms with van der Waals surface area (Å²) in [5, 5.41) is 16.1. The van der Waals surface area contributed by atoms with Gasteiger partial charge >= 0.3 is 24.3 Å². The fourth-order valence-electron chi connectivity index (χ4n) is 2.23. The molecule has 0 aliphatic rings. The molecule has 0 aliphatic carbocycles. The van der Waals surface area contributed by atoms with Crippen molar-refractivity contribution in [2.45, 2.75) is 18.8 Å². The number of nitrogens with two attached hydrogens (primary N) is 2. The van der Waals surface area contributed by atoms with E-state index < -0.39 is 24.3 Å². The zero-order valence-electron chi connectivity index (χ0n) is 18.7. The second-order valence-corrected chi connectivity index (χ2v) is 6.46. The third kappa shape index (κ3) is 10.4. The molecule has 35 heavy (non-hydrogen) atoms. The average molecular weight is 518 g/mol. The molecule has 198 valence electrons. The lowest BCUT2D eigenvalue weighted by Crippen LogP contribution is -2.22. The first kappa shape index (κ1) is 31.3. The van der Waals surface area contributed by atoms with E-state index in [1.807, 2.05) is 30.1 Å². The van der Waals surface area contributed by atoms with E-state index in [-0.39, 0.29) is 0 Å². The number of alkyl halides is 6. The smallest absolute Gasteiger partial charge is 0.490 e. The van der Waals surface area contributed by atoms with E-state index in [1.165, 1.54) is 0 Å². The Morgan fingerprint density at radius 3 is 1.77 bits per heavy atom. The molecule has 6 N–H and O–H groups in total. The molecule has 0 unspecified atom stereocenters. The molecule has 1 aromatic heterocycles. The van der Waals surface area contributed by atoms with Crippen molar-refractivity contribution in [3.05, 3.63) is 18.2 Å². The largest absolute Gasteiger partial charge is 0.493 e. The molecule has 16 heteroatoms. The van der Waals surface area contributed by atoms with E-state index in [4.69, 9.17) is 40.7 Å². The first-order chi connectivity index (χ1) is 16.0. The summed E-state index contributed by atoms with van der Waals surface area (Å²) >= 11 is 0. The van der Waals surface area contributed by atoms with Gasteiger partial charge in [0.15, 0.2) is 11.5 Å². The third-order valence-electron chi connectivity index (χ3n) is 3.93. The molecule has 1 aromatic carbocycles. The molecule has 2 aromatic rings. The molecule has 1 heterocycles. The topological polar surface area (TPSA) is 161 Å². The lowest BCUT2D eigenvalue weighted by Gasteiger charge is -2.19. The highest BCUT2D eigenvalue weighted by atomic mass is 19.4. The number of halogens is 6. The summed E-state index contributed by atoms with van der Waals surface area (Å²) < 4.78 is 74.1. The normalized spacial score (nSPS) is 10.9. The first-order valence-corrected chi connectivity index (χ1v) is 9.33. The standard InChI is InChI=1S/C15H22N4O2.2C2HF3O2/c1-19(6-4-5-16)14-8-10-7-12(20-2)13(21-3)9-11(10)15(17)18-14;2*3-2(4,5)1(6)7/h7-9H,4-6,16H2,1-3H3,(H2,17,18);2*(H,6,7). The van der Waals surface area contributed by atoms with Crippen LogP contribution in [0.3, 0.4) is 0 Å². The lowest BCUT2D eigenvalue weighted by molar-refractivity contribution is -0.193. The van der Waals surface area contributed by atoms with Gasteiger partial charge in [-0.2, -0.15) is 26.3 Å². The summed E-state index contributed by atoms with van der Waals surface area (Å²) in [5.41, 5.74) is 11.6. The van der Waals surface area contributed by atoms with Gasteiger partial charge in [-0.15, -0.1) is 0 Å². The van der Waals surface area contributed by atoms with E-state index in [2.05, 4.69) is 4.98 Å². The predicted molar refractivity (Wildman–Crippen MR) is 114 cm³/mol. The number of aromatic nitrogens is 1. The number of pyridine rings is 1. The van der Waals surface area contributed by atoms with Gasteiger partial charge in [-0.3, -0.25) is 0 Å². The van der Waals surface area contributed by atoms with Crippen molar-refractivity contribution in [2.75, 3.05) is 45.0 Å². The summed E-state index contributed by atoms with van der Waals surface area (Å²) in [4.78, 5) is 24.3. The van der Waals surface area contributed by atoms with Crippen LogP contribution in [0.5, 0.6) is 11.5 Å². The number of carboxylic acids is 2. The van der Waals surface area contributed by atoms with Gasteiger partial charge in [0.2, 0.25) is 0 Å². The molecule has 0 amide bonds. The van der Waals surface area contributed by atoms with Gasteiger partial charge in [-0.05, 0) is 36.6 Å². The van der Waals surface area contributed by atoms with Gasteiger partial charge in [-0.25, -0.2) is 14.6 Å². The number of anilines is 2. The fraction of sp³-hybridized carbons (Fsp3) is 0.421. The Balaban J connectivity index is 0.000000680. The maximum atomic E-state index is 10.6. The molecule has 0 aliphatic heterocycles. The number of nitrogens with zero attached hydrogens (tertiary/aromatic N) is 2. The number of carbonyl (C=O) groups is 2. The van der Waals surface area contributed by atoms with Crippen LogP contribution in [0.2, 0.25) is 0 Å². The number of hydrogen-bond donors (Lipinski definition) is 4. The molecule has 0 bridgehead atoms. The molecule has 2 rings (SSSR count). The number of aliphatic carboxylic acids is 2. The molecular formula is C19H24F6N4O6. The van der Waals surface area contributed by atoms with Crippen LogP contribution in [0.25, 0.3) is 10.8 Å². The highest BCUT2D eigenvalue weighted by molar-refractivity contribution is 5.95. The Morgan fingerprint density at radius 2 is 1.40 bits per heavy atom. The fourth-order valence-corrected chi connectivity index (χ4v) is 2.23. The maximum Gasteiger partial charge on any atom is 0.490 e. The zero-order valence-corrected chi connectivity index (χ0v) is 18.7. The first-order valence-electron chi connectivity index (χ1n) is 9.33. The summed E-state index contributed by atoms with van der Waals surface area (Å²) in [6.07, 6.45) is -9.26. The van der Waals surface area contributed by atoms with Crippen LogP contribution >= 0.6 is 0 Å². The van der Waals surface area contributed by atoms with Crippen molar-refractivity contribution in [3.8, 4) is 11.5 Å². The highest BCUT2D eigenvalue weighted by Crippen LogP contribution is 2.35. The second kappa shape index (κ2) is 13.3. The predicted octanol–water partition coefficient (Wildman–Crippen LogP) is 2.89. The number of benzene rings is 1. The molecular weight excluding hydrogens is 494 g/mol. The van der Waals surface area contributed by atoms with Crippen LogP contribution in [-0.4, -0.2) is 73.8 Å². The molecule has 0 saturated carbocycles. The van der Waals surface area contributed by atoms with E-state index in [1.54, 1.807) is 14.2 Å². The van der Waals surface area contributed by atoms with Gasteiger partial charge in [0.25, 0.3) is 0 Å². The van der Waals surface area contributed by atoms with Crippen molar-refractivity contribution < 1.29 is 55.6 Å². The van der Waals surface area contributed by atoms with Crippen molar-refractivity contribution in [2.24, 2.45) is 5.73 Å². The van der Waals surface area contributed by atoms with Crippen LogP contribution in [0, 0.1) is 0 Å². The number of methoxy groups -OCH3 is 2. The number of nitrogen functional groups attached to an aromatic ring is 1. The van der Waals surface area contributed by atoms with Crippen LogP contribution in [0.1, 0.15) is 6.42 Å². The minimum Gasteiger partial charge on any atom is -0.493 e. The third-order valence-corrected chi connectivity index (χ3v) is 3.93. The molecule has 0 spiro atoms. The summed E-state index contributed by atoms with van der Waals surface area (Å²) in [6.45, 7) is 1.49. The molecule has 0 fully saturated rings. The van der Waals surface area contributed by atoms with E-state index in [0.717, 1.165) is 29.6 Å². The van der Waals surface area contributed by atoms with Crippen molar-refractivity contribution in [1.82, 2.24) is 4.98 Å². The quantitative estimate of drug-likeness (QED) is 0.419. The molecule has 0 saturated heterocycles. The number of hydrogen-bond acceptors (Lipinski definition) is 8. The molecule has 0 atom stereocenters. The minimum atomic E-state index is -5.08. The molecule has 10 nitrogen and oxygen atoms in total. The average Bonchev–Trinajstić information content (AvgIpc) is 2.75. The zero-order chi connectivity index (χ0) is 27.6. The summed E-state index contributed by atoms with van der Waals surface area (Å²) in [6, 6.07) is 5.75. The van der Waals surface area contributed by atoms with Gasteiger partial charge in [0.05, 0.1) is 14.2 Å². The molecule has 0 radical (unpaired) electrons. The Bertz CT molecular complexity index is 976. The van der Waals surface area contributed by atoms with E-state index >= 15 is 0 Å². The van der Waals surface area contributed by atoms with E-state index in [0.29, 0.717) is 23.9 Å². The van der Waals surface area contributed by atoms with Crippen molar-refractivity contribution in [1.29, 1.82) is 0 Å². The number of carboxylic acid groups (broad SMARTS) is 2. The van der Waals surface area contributed by atoms with Gasteiger partial charge < -0.3 is 36.1 Å². The minimum absolute atomic E-state index is 0.475. The van der Waals surface area contributed by atoms with Crippen LogP contribution in [-0.2, 0) is 9.59 Å². The second-order valence-electron chi connectivity index (χ2n) is 6.46. The summed E-state index contributed by atoms with van der Waals surface area (Å²) in [7, 11) is 5.19. The van der Waals surface area contributed by atoms with Gasteiger partial charge in [-0.1, -0.05) is 0 Å². The Kier molecular flexibility index (Phi) is 11.9. The van der Waals surface area contributed by atoms with Crippen molar-refractivity contribution >= 4 is 34.3 Å². The van der Waals surface area contributed by atoms with E-state index in [9.17, 15) is 26.3 Å². The van der Waals surface area contributed by atoms with Gasteiger partial charge in [0.1, 0.15) is 11.6 Å². The number of ether oxygens (including phenoxy) is 2. The van der Waals surface area contributed by atoms with Crippen LogP contribution in [0.15, 0.2) is 18.2 Å². The Labute approximate surface area is 195 Å².